The fourth-order valence-electron chi connectivity index (χ4n) is 2.58. The fraction of sp³-hybridized carbons (Fsp3) is 0.294. The average Bonchev–Trinajstić information content (AvgIpc) is 2.97. The summed E-state index contributed by atoms with van der Waals surface area (Å²) < 4.78 is 5.45. The first-order chi connectivity index (χ1) is 11.1. The van der Waals surface area contributed by atoms with Crippen molar-refractivity contribution in [2.45, 2.75) is 19.8 Å². The second-order valence-electron chi connectivity index (χ2n) is 5.34. The number of aryl methyl sites for hydroxylation is 2. The van der Waals surface area contributed by atoms with E-state index in [-0.39, 0.29) is 5.56 Å². The minimum Gasteiger partial charge on any atom is -0.496 e. The van der Waals surface area contributed by atoms with Crippen molar-refractivity contribution in [1.29, 1.82) is 0 Å². The van der Waals surface area contributed by atoms with E-state index < -0.39 is 0 Å². The van der Waals surface area contributed by atoms with Crippen LogP contribution in [0.4, 0.5) is 0 Å². The van der Waals surface area contributed by atoms with Crippen molar-refractivity contribution in [2.24, 2.45) is 0 Å². The predicted octanol–water partition coefficient (Wildman–Crippen LogP) is 4.14. The molecule has 0 bridgehead atoms. The summed E-state index contributed by atoms with van der Waals surface area (Å²) >= 11 is 7.19. The number of benzene rings is 1. The number of nitrogens with zero attached hydrogens (tertiary/aromatic N) is 1. The summed E-state index contributed by atoms with van der Waals surface area (Å²) in [5, 5.41) is 2.59. The van der Waals surface area contributed by atoms with Gasteiger partial charge in [-0.1, -0.05) is 11.6 Å². The lowest BCUT2D eigenvalue weighted by molar-refractivity contribution is 0.416. The first kappa shape index (κ1) is 16.0. The van der Waals surface area contributed by atoms with E-state index in [0.717, 1.165) is 33.7 Å². The van der Waals surface area contributed by atoms with Crippen molar-refractivity contribution in [2.75, 3.05) is 13.0 Å². The third kappa shape index (κ3) is 3.12. The molecule has 0 spiro atoms. The molecule has 2 heterocycles. The highest BCUT2D eigenvalue weighted by Crippen LogP contribution is 2.37. The molecule has 2 aromatic heterocycles. The summed E-state index contributed by atoms with van der Waals surface area (Å²) in [5.41, 5.74) is 2.78. The van der Waals surface area contributed by atoms with E-state index in [1.807, 2.05) is 30.5 Å². The normalized spacial score (nSPS) is 11.1. The topological polar surface area (TPSA) is 55.0 Å². The highest BCUT2D eigenvalue weighted by molar-refractivity contribution is 7.17. The van der Waals surface area contributed by atoms with E-state index in [1.165, 1.54) is 11.3 Å². The summed E-state index contributed by atoms with van der Waals surface area (Å²) in [6.45, 7) is 2.02. The van der Waals surface area contributed by atoms with Crippen molar-refractivity contribution >= 4 is 33.2 Å². The Morgan fingerprint density at radius 1 is 1.35 bits per heavy atom. The summed E-state index contributed by atoms with van der Waals surface area (Å²) in [7, 11) is 1.63. The Kier molecular flexibility index (Phi) is 4.68. The average molecular weight is 349 g/mol. The number of alkyl halides is 1. The molecule has 3 aromatic rings. The molecule has 0 aliphatic carbocycles. The number of hydrogen-bond donors (Lipinski definition) is 1. The Labute approximate surface area is 143 Å². The number of hydrogen-bond acceptors (Lipinski definition) is 4. The summed E-state index contributed by atoms with van der Waals surface area (Å²) in [4.78, 5) is 20.7. The van der Waals surface area contributed by atoms with Gasteiger partial charge in [-0.25, -0.2) is 4.98 Å². The Balaban J connectivity index is 2.17. The van der Waals surface area contributed by atoms with E-state index in [4.69, 9.17) is 16.3 Å². The van der Waals surface area contributed by atoms with Crippen LogP contribution in [0.1, 0.15) is 17.8 Å². The number of halogens is 1. The zero-order valence-electron chi connectivity index (χ0n) is 13.0. The van der Waals surface area contributed by atoms with Crippen molar-refractivity contribution in [3.63, 3.8) is 0 Å². The molecule has 23 heavy (non-hydrogen) atoms. The molecule has 0 amide bonds. The van der Waals surface area contributed by atoms with Gasteiger partial charge in [-0.2, -0.15) is 0 Å². The lowest BCUT2D eigenvalue weighted by Crippen LogP contribution is -2.11. The maximum atomic E-state index is 12.5. The maximum absolute atomic E-state index is 12.5. The SMILES string of the molecule is COc1ccc(C)cc1-c1csc2nc(CCCCl)[nH]c(=O)c12. The van der Waals surface area contributed by atoms with Crippen LogP contribution in [0.3, 0.4) is 0 Å². The first-order valence-electron chi connectivity index (χ1n) is 7.35. The van der Waals surface area contributed by atoms with Gasteiger partial charge in [0.25, 0.3) is 5.56 Å². The molecule has 0 saturated heterocycles. The molecule has 1 aromatic carbocycles. The summed E-state index contributed by atoms with van der Waals surface area (Å²) in [6.07, 6.45) is 1.47. The molecule has 0 aliphatic heterocycles. The molecule has 120 valence electrons. The van der Waals surface area contributed by atoms with Gasteiger partial charge in [0.1, 0.15) is 16.4 Å². The van der Waals surface area contributed by atoms with Gasteiger partial charge in [-0.3, -0.25) is 4.79 Å². The van der Waals surface area contributed by atoms with Crippen LogP contribution in [-0.2, 0) is 6.42 Å². The van der Waals surface area contributed by atoms with Crippen molar-refractivity contribution in [1.82, 2.24) is 9.97 Å². The predicted molar refractivity (Wildman–Crippen MR) is 96.0 cm³/mol. The highest BCUT2D eigenvalue weighted by Gasteiger charge is 2.16. The third-order valence-electron chi connectivity index (χ3n) is 3.69. The van der Waals surface area contributed by atoms with E-state index in [9.17, 15) is 4.79 Å². The van der Waals surface area contributed by atoms with Crippen molar-refractivity contribution in [3.05, 3.63) is 45.3 Å². The van der Waals surface area contributed by atoms with Crippen molar-refractivity contribution < 1.29 is 4.74 Å². The smallest absolute Gasteiger partial charge is 0.260 e. The molecule has 0 saturated carbocycles. The highest BCUT2D eigenvalue weighted by atomic mass is 35.5. The minimum atomic E-state index is -0.112. The van der Waals surface area contributed by atoms with Gasteiger partial charge < -0.3 is 9.72 Å². The second-order valence-corrected chi connectivity index (χ2v) is 6.57. The van der Waals surface area contributed by atoms with Crippen LogP contribution in [0.5, 0.6) is 5.75 Å². The number of thiophene rings is 1. The van der Waals surface area contributed by atoms with Crippen LogP contribution in [-0.4, -0.2) is 23.0 Å². The minimum absolute atomic E-state index is 0.112. The molecular weight excluding hydrogens is 332 g/mol. The third-order valence-corrected chi connectivity index (χ3v) is 4.82. The van der Waals surface area contributed by atoms with E-state index in [0.29, 0.717) is 23.5 Å². The summed E-state index contributed by atoms with van der Waals surface area (Å²) in [6, 6.07) is 5.94. The zero-order valence-corrected chi connectivity index (χ0v) is 14.6. The van der Waals surface area contributed by atoms with Gasteiger partial charge in [-0.15, -0.1) is 22.9 Å². The number of H-pyrrole nitrogens is 1. The Morgan fingerprint density at radius 2 is 2.17 bits per heavy atom. The molecule has 0 atom stereocenters. The Morgan fingerprint density at radius 3 is 2.91 bits per heavy atom. The molecule has 0 aliphatic rings. The number of fused-ring (bicyclic) bond motifs is 1. The molecule has 4 nitrogen and oxygen atoms in total. The van der Waals surface area contributed by atoms with E-state index in [2.05, 4.69) is 9.97 Å². The largest absolute Gasteiger partial charge is 0.496 e. The molecular formula is C17H17ClN2O2S. The quantitative estimate of drug-likeness (QED) is 0.705. The van der Waals surface area contributed by atoms with Gasteiger partial charge in [0.2, 0.25) is 0 Å². The molecule has 0 radical (unpaired) electrons. The number of aromatic nitrogens is 2. The Bertz CT molecular complexity index is 901. The van der Waals surface area contributed by atoms with Crippen LogP contribution in [0.15, 0.2) is 28.4 Å². The molecule has 6 heteroatoms. The van der Waals surface area contributed by atoms with Gasteiger partial charge in [0.15, 0.2) is 0 Å². The van der Waals surface area contributed by atoms with Crippen LogP contribution < -0.4 is 10.3 Å². The number of rotatable bonds is 5. The zero-order chi connectivity index (χ0) is 16.4. The van der Waals surface area contributed by atoms with Crippen LogP contribution in [0, 0.1) is 6.92 Å². The van der Waals surface area contributed by atoms with Crippen molar-refractivity contribution in [3.8, 4) is 16.9 Å². The molecule has 0 fully saturated rings. The first-order valence-corrected chi connectivity index (χ1v) is 8.77. The van der Waals surface area contributed by atoms with Gasteiger partial charge in [0.05, 0.1) is 12.5 Å². The molecule has 0 unspecified atom stereocenters. The van der Waals surface area contributed by atoms with Crippen LogP contribution >= 0.6 is 22.9 Å². The van der Waals surface area contributed by atoms with E-state index >= 15 is 0 Å². The fourth-order valence-corrected chi connectivity index (χ4v) is 3.67. The van der Waals surface area contributed by atoms with Crippen LogP contribution in [0.25, 0.3) is 21.3 Å². The lowest BCUT2D eigenvalue weighted by atomic mass is 10.0. The second kappa shape index (κ2) is 6.72. The number of ether oxygens (including phenoxy) is 1. The number of nitrogens with one attached hydrogen (secondary N) is 1. The van der Waals surface area contributed by atoms with Crippen LogP contribution in [0.2, 0.25) is 0 Å². The molecule has 3 rings (SSSR count). The Hall–Kier alpha value is -1.85. The number of aromatic amines is 1. The standard InChI is InChI=1S/C17H17ClN2O2S/c1-10-5-6-13(22-2)11(8-10)12-9-23-17-15(12)16(21)19-14(20-17)4-3-7-18/h5-6,8-9H,3-4,7H2,1-2H3,(H,19,20,21). The number of methoxy groups -OCH3 is 1. The van der Waals surface area contributed by atoms with E-state index in [1.54, 1.807) is 7.11 Å². The molecule has 1 N–H and O–H groups in total. The maximum Gasteiger partial charge on any atom is 0.260 e. The summed E-state index contributed by atoms with van der Waals surface area (Å²) in [5.74, 6) is 1.99. The van der Waals surface area contributed by atoms with Gasteiger partial charge in [-0.05, 0) is 25.5 Å². The lowest BCUT2D eigenvalue weighted by Gasteiger charge is -2.08. The monoisotopic (exact) mass is 348 g/mol. The van der Waals surface area contributed by atoms with Gasteiger partial charge in [0, 0.05) is 28.8 Å². The van der Waals surface area contributed by atoms with Gasteiger partial charge >= 0.3 is 0 Å².